The highest BCUT2D eigenvalue weighted by Gasteiger charge is 2.20. The minimum absolute atomic E-state index is 0.122. The van der Waals surface area contributed by atoms with E-state index < -0.39 is 7.14 Å². The average molecular weight is 212 g/mol. The maximum Gasteiger partial charge on any atom is 0.115 e. The molecule has 0 radical (unpaired) electrons. The van der Waals surface area contributed by atoms with Crippen LogP contribution in [0.2, 0.25) is 0 Å². The van der Waals surface area contributed by atoms with Crippen molar-refractivity contribution in [2.45, 2.75) is 13.3 Å². The van der Waals surface area contributed by atoms with Crippen molar-refractivity contribution in [3.05, 3.63) is 30.3 Å². The summed E-state index contributed by atoms with van der Waals surface area (Å²) < 4.78 is 12.4. The van der Waals surface area contributed by atoms with E-state index in [0.29, 0.717) is 18.7 Å². The lowest BCUT2D eigenvalue weighted by molar-refractivity contribution is 0.295. The lowest BCUT2D eigenvalue weighted by Gasteiger charge is -2.15. The zero-order valence-corrected chi connectivity index (χ0v) is 9.41. The number of hydrogen-bond donors (Lipinski definition) is 1. The van der Waals surface area contributed by atoms with Crippen LogP contribution >= 0.6 is 7.14 Å². The van der Waals surface area contributed by atoms with Gasteiger partial charge >= 0.3 is 0 Å². The van der Waals surface area contributed by atoms with E-state index in [1.165, 1.54) is 0 Å². The molecule has 0 fully saturated rings. The third-order valence-electron chi connectivity index (χ3n) is 2.42. The van der Waals surface area contributed by atoms with Crippen molar-refractivity contribution in [2.75, 3.05) is 18.9 Å². The molecule has 14 heavy (non-hydrogen) atoms. The molecule has 0 aliphatic heterocycles. The molecule has 1 aromatic carbocycles. The van der Waals surface area contributed by atoms with Gasteiger partial charge in [-0.05, 0) is 6.42 Å². The minimum Gasteiger partial charge on any atom is -0.396 e. The second-order valence-corrected chi connectivity index (χ2v) is 6.72. The largest absolute Gasteiger partial charge is 0.396 e. The summed E-state index contributed by atoms with van der Waals surface area (Å²) in [6.45, 7) is 2.07. The second-order valence-electron chi connectivity index (χ2n) is 3.34. The van der Waals surface area contributed by atoms with Gasteiger partial charge in [0.25, 0.3) is 0 Å². The molecule has 0 bridgehead atoms. The number of rotatable bonds is 5. The van der Waals surface area contributed by atoms with E-state index in [0.717, 1.165) is 5.30 Å². The molecule has 0 saturated heterocycles. The molecule has 0 spiro atoms. The van der Waals surface area contributed by atoms with E-state index in [9.17, 15) is 4.57 Å². The summed E-state index contributed by atoms with van der Waals surface area (Å²) in [7, 11) is -2.23. The Morgan fingerprint density at radius 2 is 1.93 bits per heavy atom. The van der Waals surface area contributed by atoms with Crippen molar-refractivity contribution < 1.29 is 9.67 Å². The van der Waals surface area contributed by atoms with Crippen LogP contribution in [0.4, 0.5) is 0 Å². The molecule has 3 heteroatoms. The molecule has 1 atom stereocenters. The molecule has 0 aliphatic rings. The van der Waals surface area contributed by atoms with Gasteiger partial charge in [-0.1, -0.05) is 37.3 Å². The van der Waals surface area contributed by atoms with Gasteiger partial charge in [0.2, 0.25) is 0 Å². The molecular weight excluding hydrogens is 195 g/mol. The van der Waals surface area contributed by atoms with E-state index in [-0.39, 0.29) is 6.61 Å². The van der Waals surface area contributed by atoms with Gasteiger partial charge in [0.1, 0.15) is 7.14 Å². The number of hydrogen-bond acceptors (Lipinski definition) is 2. The SMILES string of the molecule is CC[P@@](=O)(CCCO)c1ccccc1. The summed E-state index contributed by atoms with van der Waals surface area (Å²) in [5, 5.41) is 9.69. The summed E-state index contributed by atoms with van der Waals surface area (Å²) in [5.41, 5.74) is 0. The summed E-state index contributed by atoms with van der Waals surface area (Å²) >= 11 is 0. The third-order valence-corrected chi connectivity index (χ3v) is 5.71. The number of aliphatic hydroxyl groups is 1. The molecule has 2 nitrogen and oxygen atoms in total. The molecule has 78 valence electrons. The van der Waals surface area contributed by atoms with Gasteiger partial charge in [-0.2, -0.15) is 0 Å². The molecule has 1 rings (SSSR count). The van der Waals surface area contributed by atoms with E-state index in [1.807, 2.05) is 37.3 Å². The van der Waals surface area contributed by atoms with Crippen molar-refractivity contribution in [1.82, 2.24) is 0 Å². The van der Waals surface area contributed by atoms with Crippen LogP contribution in [0.1, 0.15) is 13.3 Å². The molecular formula is C11H17O2P. The first-order valence-electron chi connectivity index (χ1n) is 4.97. The molecule has 0 saturated carbocycles. The zero-order chi connectivity index (χ0) is 10.4. The fourth-order valence-electron chi connectivity index (χ4n) is 1.50. The lowest BCUT2D eigenvalue weighted by atomic mass is 10.4. The fourth-order valence-corrected chi connectivity index (χ4v) is 3.80. The Hall–Kier alpha value is -0.590. The Kier molecular flexibility index (Phi) is 4.37. The Bertz CT molecular complexity index is 308. The van der Waals surface area contributed by atoms with Gasteiger partial charge in [0.05, 0.1) is 0 Å². The van der Waals surface area contributed by atoms with E-state index in [2.05, 4.69) is 0 Å². The maximum absolute atomic E-state index is 12.4. The van der Waals surface area contributed by atoms with Crippen LogP contribution in [0.3, 0.4) is 0 Å². The predicted octanol–water partition coefficient (Wildman–Crippen LogP) is 2.08. The van der Waals surface area contributed by atoms with Gasteiger partial charge in [-0.3, -0.25) is 0 Å². The average Bonchev–Trinajstić information content (AvgIpc) is 2.27. The molecule has 0 heterocycles. The van der Waals surface area contributed by atoms with Crippen LogP contribution in [0.25, 0.3) is 0 Å². The normalized spacial score (nSPS) is 15.0. The van der Waals surface area contributed by atoms with Crippen molar-refractivity contribution in [1.29, 1.82) is 0 Å². The lowest BCUT2D eigenvalue weighted by Crippen LogP contribution is -2.10. The Labute approximate surface area is 85.3 Å². The third kappa shape index (κ3) is 2.70. The summed E-state index contributed by atoms with van der Waals surface area (Å²) in [6, 6.07) is 9.59. The van der Waals surface area contributed by atoms with Crippen LogP contribution < -0.4 is 5.30 Å². The van der Waals surface area contributed by atoms with Crippen LogP contribution in [0.5, 0.6) is 0 Å². The Balaban J connectivity index is 2.85. The monoisotopic (exact) mass is 212 g/mol. The summed E-state index contributed by atoms with van der Waals surface area (Å²) in [6.07, 6.45) is 1.92. The van der Waals surface area contributed by atoms with Crippen molar-refractivity contribution in [2.24, 2.45) is 0 Å². The minimum atomic E-state index is -2.23. The molecule has 0 aliphatic carbocycles. The van der Waals surface area contributed by atoms with E-state index in [1.54, 1.807) is 0 Å². The highest BCUT2D eigenvalue weighted by molar-refractivity contribution is 7.71. The molecule has 1 aromatic rings. The smallest absolute Gasteiger partial charge is 0.115 e. The highest BCUT2D eigenvalue weighted by atomic mass is 31.2. The van der Waals surface area contributed by atoms with Gasteiger partial charge in [-0.15, -0.1) is 0 Å². The van der Waals surface area contributed by atoms with Crippen LogP contribution in [0, 0.1) is 0 Å². The van der Waals surface area contributed by atoms with Crippen LogP contribution in [-0.2, 0) is 4.57 Å². The van der Waals surface area contributed by atoms with Gasteiger partial charge in [-0.25, -0.2) is 0 Å². The zero-order valence-electron chi connectivity index (χ0n) is 8.52. The first-order valence-corrected chi connectivity index (χ1v) is 7.05. The van der Waals surface area contributed by atoms with Crippen molar-refractivity contribution in [3.63, 3.8) is 0 Å². The summed E-state index contributed by atoms with van der Waals surface area (Å²) in [5.74, 6) is 0. The topological polar surface area (TPSA) is 37.3 Å². The predicted molar refractivity (Wildman–Crippen MR) is 60.8 cm³/mol. The van der Waals surface area contributed by atoms with Crippen LogP contribution in [-0.4, -0.2) is 24.0 Å². The standard InChI is InChI=1S/C11H17O2P/c1-2-14(13,10-6-9-12)11-7-4-3-5-8-11/h3-5,7-8,12H,2,6,9-10H2,1H3/t14-/m1/s1. The molecule has 1 N–H and O–H groups in total. The van der Waals surface area contributed by atoms with Crippen molar-refractivity contribution >= 4 is 12.4 Å². The number of benzene rings is 1. The van der Waals surface area contributed by atoms with Crippen LogP contribution in [0.15, 0.2) is 30.3 Å². The second kappa shape index (κ2) is 5.33. The molecule has 0 amide bonds. The fraction of sp³-hybridized carbons (Fsp3) is 0.455. The van der Waals surface area contributed by atoms with Crippen molar-refractivity contribution in [3.8, 4) is 0 Å². The Morgan fingerprint density at radius 1 is 1.29 bits per heavy atom. The quantitative estimate of drug-likeness (QED) is 0.759. The van der Waals surface area contributed by atoms with E-state index in [4.69, 9.17) is 5.11 Å². The molecule has 0 aromatic heterocycles. The first-order chi connectivity index (χ1) is 6.73. The van der Waals surface area contributed by atoms with Gasteiger partial charge in [0.15, 0.2) is 0 Å². The summed E-state index contributed by atoms with van der Waals surface area (Å²) in [4.78, 5) is 0. The maximum atomic E-state index is 12.4. The first kappa shape index (κ1) is 11.5. The number of aliphatic hydroxyl groups excluding tert-OH is 1. The highest BCUT2D eigenvalue weighted by Crippen LogP contribution is 2.44. The van der Waals surface area contributed by atoms with Gasteiger partial charge < -0.3 is 9.67 Å². The Morgan fingerprint density at radius 3 is 2.43 bits per heavy atom. The van der Waals surface area contributed by atoms with E-state index >= 15 is 0 Å². The van der Waals surface area contributed by atoms with Gasteiger partial charge in [0, 0.05) is 24.2 Å². The molecule has 0 unspecified atom stereocenters.